The van der Waals surface area contributed by atoms with E-state index in [2.05, 4.69) is 4.98 Å². The summed E-state index contributed by atoms with van der Waals surface area (Å²) >= 11 is 0. The molecule has 20 heavy (non-hydrogen) atoms. The maximum absolute atomic E-state index is 12.9. The van der Waals surface area contributed by atoms with Crippen LogP contribution in [-0.4, -0.2) is 9.55 Å². The first-order valence-corrected chi connectivity index (χ1v) is 6.34. The number of nitrogens with zero attached hydrogens (tertiary/aromatic N) is 2. The van der Waals surface area contributed by atoms with Crippen LogP contribution in [0.25, 0.3) is 11.4 Å². The van der Waals surface area contributed by atoms with Gasteiger partial charge in [0.1, 0.15) is 11.6 Å². The van der Waals surface area contributed by atoms with Crippen LogP contribution in [0.2, 0.25) is 0 Å². The highest BCUT2D eigenvalue weighted by atomic mass is 19.1. The number of imidazole rings is 1. The lowest BCUT2D eigenvalue weighted by molar-refractivity contribution is 0.626. The molecular formula is C16H14FN3. The zero-order valence-electron chi connectivity index (χ0n) is 10.8. The van der Waals surface area contributed by atoms with Crippen molar-refractivity contribution in [3.05, 3.63) is 72.3 Å². The SMILES string of the molecule is Nc1cccc(-c2nccn2Cc2ccc(F)cc2)c1. The molecule has 3 rings (SSSR count). The van der Waals surface area contributed by atoms with Crippen LogP contribution in [0.15, 0.2) is 60.9 Å². The molecule has 0 atom stereocenters. The second-order valence-electron chi connectivity index (χ2n) is 4.63. The number of benzene rings is 2. The molecule has 0 aliphatic carbocycles. The van der Waals surface area contributed by atoms with Crippen LogP contribution >= 0.6 is 0 Å². The van der Waals surface area contributed by atoms with Crippen LogP contribution in [0.3, 0.4) is 0 Å². The minimum absolute atomic E-state index is 0.226. The summed E-state index contributed by atoms with van der Waals surface area (Å²) in [7, 11) is 0. The third kappa shape index (κ3) is 2.54. The van der Waals surface area contributed by atoms with Gasteiger partial charge in [0.25, 0.3) is 0 Å². The Morgan fingerprint density at radius 3 is 2.65 bits per heavy atom. The third-order valence-electron chi connectivity index (χ3n) is 3.13. The summed E-state index contributed by atoms with van der Waals surface area (Å²) < 4.78 is 14.9. The molecule has 2 aromatic carbocycles. The zero-order valence-corrected chi connectivity index (χ0v) is 10.8. The Morgan fingerprint density at radius 1 is 1.10 bits per heavy atom. The lowest BCUT2D eigenvalue weighted by atomic mass is 10.1. The van der Waals surface area contributed by atoms with Crippen molar-refractivity contribution < 1.29 is 4.39 Å². The van der Waals surface area contributed by atoms with Crippen molar-refractivity contribution >= 4 is 5.69 Å². The van der Waals surface area contributed by atoms with Gasteiger partial charge in [0, 0.05) is 30.2 Å². The van der Waals surface area contributed by atoms with E-state index in [1.165, 1.54) is 12.1 Å². The third-order valence-corrected chi connectivity index (χ3v) is 3.13. The van der Waals surface area contributed by atoms with Gasteiger partial charge in [0.15, 0.2) is 0 Å². The molecule has 1 aromatic heterocycles. The van der Waals surface area contributed by atoms with E-state index in [0.29, 0.717) is 12.2 Å². The first kappa shape index (κ1) is 12.4. The predicted molar refractivity (Wildman–Crippen MR) is 77.6 cm³/mol. The smallest absolute Gasteiger partial charge is 0.140 e. The van der Waals surface area contributed by atoms with Gasteiger partial charge >= 0.3 is 0 Å². The highest BCUT2D eigenvalue weighted by Gasteiger charge is 2.06. The number of hydrogen-bond donors (Lipinski definition) is 1. The predicted octanol–water partition coefficient (Wildman–Crippen LogP) is 3.32. The Morgan fingerprint density at radius 2 is 1.90 bits per heavy atom. The van der Waals surface area contributed by atoms with Crippen molar-refractivity contribution in [2.24, 2.45) is 0 Å². The molecule has 3 aromatic rings. The Hall–Kier alpha value is -2.62. The lowest BCUT2D eigenvalue weighted by Crippen LogP contribution is -2.01. The summed E-state index contributed by atoms with van der Waals surface area (Å²) in [5.74, 6) is 0.622. The van der Waals surface area contributed by atoms with Gasteiger partial charge < -0.3 is 10.3 Å². The van der Waals surface area contributed by atoms with Gasteiger partial charge in [0.2, 0.25) is 0 Å². The summed E-state index contributed by atoms with van der Waals surface area (Å²) in [5, 5.41) is 0. The van der Waals surface area contributed by atoms with Crippen molar-refractivity contribution in [3.8, 4) is 11.4 Å². The minimum atomic E-state index is -0.226. The fourth-order valence-corrected chi connectivity index (χ4v) is 2.16. The van der Waals surface area contributed by atoms with Crippen LogP contribution in [0.4, 0.5) is 10.1 Å². The highest BCUT2D eigenvalue weighted by Crippen LogP contribution is 2.20. The van der Waals surface area contributed by atoms with Crippen LogP contribution in [-0.2, 0) is 6.54 Å². The van der Waals surface area contributed by atoms with Crippen molar-refractivity contribution in [1.82, 2.24) is 9.55 Å². The second kappa shape index (κ2) is 5.17. The fourth-order valence-electron chi connectivity index (χ4n) is 2.16. The maximum Gasteiger partial charge on any atom is 0.140 e. The van der Waals surface area contributed by atoms with Crippen LogP contribution in [0.1, 0.15) is 5.56 Å². The highest BCUT2D eigenvalue weighted by molar-refractivity contribution is 5.61. The van der Waals surface area contributed by atoms with E-state index in [-0.39, 0.29) is 5.82 Å². The summed E-state index contributed by atoms with van der Waals surface area (Å²) in [6.45, 7) is 0.643. The van der Waals surface area contributed by atoms with E-state index in [4.69, 9.17) is 5.73 Å². The molecule has 1 heterocycles. The molecule has 0 fully saturated rings. The van der Waals surface area contributed by atoms with E-state index < -0.39 is 0 Å². The van der Waals surface area contributed by atoms with E-state index in [9.17, 15) is 4.39 Å². The topological polar surface area (TPSA) is 43.8 Å². The van der Waals surface area contributed by atoms with Crippen LogP contribution in [0, 0.1) is 5.82 Å². The number of halogens is 1. The molecule has 0 radical (unpaired) electrons. The Kier molecular flexibility index (Phi) is 3.21. The zero-order chi connectivity index (χ0) is 13.9. The molecule has 2 N–H and O–H groups in total. The number of rotatable bonds is 3. The van der Waals surface area contributed by atoms with Gasteiger partial charge in [-0.2, -0.15) is 0 Å². The molecule has 0 aliphatic heterocycles. The quantitative estimate of drug-likeness (QED) is 0.740. The molecule has 100 valence electrons. The first-order valence-electron chi connectivity index (χ1n) is 6.34. The van der Waals surface area contributed by atoms with E-state index in [1.54, 1.807) is 18.3 Å². The number of nitrogen functional groups attached to an aromatic ring is 1. The number of aromatic nitrogens is 2. The lowest BCUT2D eigenvalue weighted by Gasteiger charge is -2.08. The van der Waals surface area contributed by atoms with Crippen molar-refractivity contribution in [2.75, 3.05) is 5.73 Å². The minimum Gasteiger partial charge on any atom is -0.399 e. The van der Waals surface area contributed by atoms with E-state index >= 15 is 0 Å². The van der Waals surface area contributed by atoms with E-state index in [1.807, 2.05) is 35.0 Å². The standard InChI is InChI=1S/C16H14FN3/c17-14-6-4-12(5-7-14)11-20-9-8-19-16(20)13-2-1-3-15(18)10-13/h1-10H,11,18H2. The summed E-state index contributed by atoms with van der Waals surface area (Å²) in [4.78, 5) is 4.37. The normalized spacial score (nSPS) is 10.7. The van der Waals surface area contributed by atoms with Gasteiger partial charge in [-0.3, -0.25) is 0 Å². The molecule has 0 spiro atoms. The fraction of sp³-hybridized carbons (Fsp3) is 0.0625. The Bertz CT molecular complexity index is 717. The van der Waals surface area contributed by atoms with E-state index in [0.717, 1.165) is 17.0 Å². The van der Waals surface area contributed by atoms with Gasteiger partial charge in [-0.05, 0) is 29.8 Å². The van der Waals surface area contributed by atoms with Gasteiger partial charge in [-0.25, -0.2) is 9.37 Å². The number of hydrogen-bond acceptors (Lipinski definition) is 2. The Balaban J connectivity index is 1.92. The first-order chi connectivity index (χ1) is 9.72. The molecular weight excluding hydrogens is 253 g/mol. The Labute approximate surface area is 116 Å². The van der Waals surface area contributed by atoms with Crippen molar-refractivity contribution in [1.29, 1.82) is 0 Å². The molecule has 0 unspecified atom stereocenters. The van der Waals surface area contributed by atoms with Crippen LogP contribution < -0.4 is 5.73 Å². The van der Waals surface area contributed by atoms with Crippen molar-refractivity contribution in [3.63, 3.8) is 0 Å². The molecule has 4 heteroatoms. The average molecular weight is 267 g/mol. The largest absolute Gasteiger partial charge is 0.399 e. The summed E-state index contributed by atoms with van der Waals surface area (Å²) in [6.07, 6.45) is 3.66. The molecule has 0 saturated carbocycles. The molecule has 0 bridgehead atoms. The number of nitrogens with two attached hydrogens (primary N) is 1. The van der Waals surface area contributed by atoms with Gasteiger partial charge in [-0.1, -0.05) is 24.3 Å². The number of anilines is 1. The molecule has 3 nitrogen and oxygen atoms in total. The summed E-state index contributed by atoms with van der Waals surface area (Å²) in [5.41, 5.74) is 8.50. The van der Waals surface area contributed by atoms with Crippen molar-refractivity contribution in [2.45, 2.75) is 6.54 Å². The molecule has 0 aliphatic rings. The molecule has 0 saturated heterocycles. The van der Waals surface area contributed by atoms with Gasteiger partial charge in [0.05, 0.1) is 0 Å². The second-order valence-corrected chi connectivity index (χ2v) is 4.63. The summed E-state index contributed by atoms with van der Waals surface area (Å²) in [6, 6.07) is 14.1. The maximum atomic E-state index is 12.9. The monoisotopic (exact) mass is 267 g/mol. The van der Waals surface area contributed by atoms with Crippen LogP contribution in [0.5, 0.6) is 0 Å². The average Bonchev–Trinajstić information content (AvgIpc) is 2.89. The molecule has 0 amide bonds. The van der Waals surface area contributed by atoms with Gasteiger partial charge in [-0.15, -0.1) is 0 Å².